The Hall–Kier alpha value is -1.13. The van der Waals surface area contributed by atoms with Crippen molar-refractivity contribution in [1.29, 1.82) is 0 Å². The van der Waals surface area contributed by atoms with Crippen LogP contribution >= 0.6 is 11.6 Å². The first-order valence-corrected chi connectivity index (χ1v) is 4.67. The highest BCUT2D eigenvalue weighted by Crippen LogP contribution is 2.43. The van der Waals surface area contributed by atoms with Gasteiger partial charge in [0.25, 0.3) is 5.69 Å². The molecule has 1 aliphatic carbocycles. The van der Waals surface area contributed by atoms with E-state index in [1.807, 2.05) is 0 Å². The van der Waals surface area contributed by atoms with Gasteiger partial charge in [-0.1, -0.05) is 11.6 Å². The van der Waals surface area contributed by atoms with Gasteiger partial charge < -0.3 is 5.73 Å². The average molecular weight is 213 g/mol. The van der Waals surface area contributed by atoms with E-state index in [9.17, 15) is 10.1 Å². The Labute approximate surface area is 85.8 Å². The SMILES string of the molecule is N[C@@H]1C[C@H]1c1cc([N+](=O)[O-])ccc1Cl. The van der Waals surface area contributed by atoms with Crippen LogP contribution < -0.4 is 5.73 Å². The summed E-state index contributed by atoms with van der Waals surface area (Å²) in [5.41, 5.74) is 6.54. The highest BCUT2D eigenvalue weighted by Gasteiger charge is 2.37. The number of nitro groups is 1. The van der Waals surface area contributed by atoms with Crippen LogP contribution in [0.15, 0.2) is 18.2 Å². The third-order valence-corrected chi connectivity index (χ3v) is 2.77. The molecule has 1 saturated carbocycles. The van der Waals surface area contributed by atoms with Crippen LogP contribution in [0, 0.1) is 10.1 Å². The van der Waals surface area contributed by atoms with Crippen molar-refractivity contribution in [2.75, 3.05) is 0 Å². The maximum absolute atomic E-state index is 10.5. The van der Waals surface area contributed by atoms with Crippen molar-refractivity contribution in [3.63, 3.8) is 0 Å². The van der Waals surface area contributed by atoms with E-state index in [4.69, 9.17) is 17.3 Å². The number of hydrogen-bond acceptors (Lipinski definition) is 3. The molecule has 0 spiro atoms. The van der Waals surface area contributed by atoms with E-state index < -0.39 is 4.92 Å². The molecular formula is C9H9ClN2O2. The van der Waals surface area contributed by atoms with Gasteiger partial charge in [-0.25, -0.2) is 0 Å². The van der Waals surface area contributed by atoms with Crippen molar-refractivity contribution < 1.29 is 4.92 Å². The number of halogens is 1. The van der Waals surface area contributed by atoms with Crippen LogP contribution in [0.3, 0.4) is 0 Å². The second-order valence-corrected chi connectivity index (χ2v) is 3.88. The predicted molar refractivity (Wildman–Crippen MR) is 53.4 cm³/mol. The van der Waals surface area contributed by atoms with Gasteiger partial charge in [-0.2, -0.15) is 0 Å². The molecule has 1 fully saturated rings. The lowest BCUT2D eigenvalue weighted by molar-refractivity contribution is -0.384. The largest absolute Gasteiger partial charge is 0.327 e. The van der Waals surface area contributed by atoms with Gasteiger partial charge in [0.05, 0.1) is 4.92 Å². The Bertz CT molecular complexity index is 394. The van der Waals surface area contributed by atoms with Crippen LogP contribution in [0.25, 0.3) is 0 Å². The van der Waals surface area contributed by atoms with Crippen LogP contribution in [-0.2, 0) is 0 Å². The van der Waals surface area contributed by atoms with Gasteiger partial charge in [0.15, 0.2) is 0 Å². The quantitative estimate of drug-likeness (QED) is 0.603. The lowest BCUT2D eigenvalue weighted by atomic mass is 10.1. The Morgan fingerprint density at radius 2 is 2.21 bits per heavy atom. The first-order chi connectivity index (χ1) is 6.59. The fourth-order valence-electron chi connectivity index (χ4n) is 1.50. The monoisotopic (exact) mass is 212 g/mol. The van der Waals surface area contributed by atoms with Crippen molar-refractivity contribution in [2.45, 2.75) is 18.4 Å². The molecule has 0 amide bonds. The van der Waals surface area contributed by atoms with Crippen LogP contribution in [0.2, 0.25) is 5.02 Å². The number of non-ortho nitro benzene ring substituents is 1. The molecule has 4 nitrogen and oxygen atoms in total. The van der Waals surface area contributed by atoms with Crippen LogP contribution in [0.5, 0.6) is 0 Å². The molecule has 0 aliphatic heterocycles. The number of nitrogens with zero attached hydrogens (tertiary/aromatic N) is 1. The summed E-state index contributed by atoms with van der Waals surface area (Å²) in [7, 11) is 0. The number of nitro benzene ring substituents is 1. The third kappa shape index (κ3) is 1.58. The maximum Gasteiger partial charge on any atom is 0.269 e. The second-order valence-electron chi connectivity index (χ2n) is 3.47. The molecule has 2 N–H and O–H groups in total. The van der Waals surface area contributed by atoms with E-state index in [0.29, 0.717) is 5.02 Å². The lowest BCUT2D eigenvalue weighted by Crippen LogP contribution is -2.01. The summed E-state index contributed by atoms with van der Waals surface area (Å²) in [6.07, 6.45) is 0.862. The predicted octanol–water partition coefficient (Wildman–Crippen LogP) is 2.06. The maximum atomic E-state index is 10.5. The Morgan fingerprint density at radius 1 is 1.57 bits per heavy atom. The molecule has 1 aliphatic rings. The Morgan fingerprint density at radius 3 is 2.71 bits per heavy atom. The third-order valence-electron chi connectivity index (χ3n) is 2.43. The van der Waals surface area contributed by atoms with Crippen LogP contribution in [0.1, 0.15) is 17.9 Å². The topological polar surface area (TPSA) is 69.2 Å². The number of rotatable bonds is 2. The fourth-order valence-corrected chi connectivity index (χ4v) is 1.76. The molecule has 0 aromatic heterocycles. The highest BCUT2D eigenvalue weighted by atomic mass is 35.5. The minimum absolute atomic E-state index is 0.0727. The zero-order chi connectivity index (χ0) is 10.3. The Balaban J connectivity index is 2.38. The zero-order valence-electron chi connectivity index (χ0n) is 7.31. The summed E-state index contributed by atoms with van der Waals surface area (Å²) < 4.78 is 0. The molecule has 0 heterocycles. The smallest absolute Gasteiger partial charge is 0.269 e. The lowest BCUT2D eigenvalue weighted by Gasteiger charge is -2.01. The van der Waals surface area contributed by atoms with Gasteiger partial charge in [0, 0.05) is 29.1 Å². The van der Waals surface area contributed by atoms with Crippen LogP contribution in [-0.4, -0.2) is 11.0 Å². The normalized spacial score (nSPS) is 24.7. The summed E-state index contributed by atoms with van der Waals surface area (Å²) in [6, 6.07) is 4.58. The van der Waals surface area contributed by atoms with Crippen LogP contribution in [0.4, 0.5) is 5.69 Å². The van der Waals surface area contributed by atoms with Gasteiger partial charge in [0.1, 0.15) is 0 Å². The Kier molecular flexibility index (Phi) is 2.17. The van der Waals surface area contributed by atoms with Crippen molar-refractivity contribution >= 4 is 17.3 Å². The summed E-state index contributed by atoms with van der Waals surface area (Å²) in [5, 5.41) is 11.1. The second kappa shape index (κ2) is 3.22. The molecule has 74 valence electrons. The minimum Gasteiger partial charge on any atom is -0.327 e. The molecule has 5 heteroatoms. The van der Waals surface area contributed by atoms with E-state index in [0.717, 1.165) is 12.0 Å². The summed E-state index contributed by atoms with van der Waals surface area (Å²) in [6.45, 7) is 0. The fraction of sp³-hybridized carbons (Fsp3) is 0.333. The van der Waals surface area contributed by atoms with Gasteiger partial charge in [-0.05, 0) is 18.1 Å². The van der Waals surface area contributed by atoms with E-state index >= 15 is 0 Å². The number of benzene rings is 1. The summed E-state index contributed by atoms with van der Waals surface area (Å²) >= 11 is 5.92. The summed E-state index contributed by atoms with van der Waals surface area (Å²) in [4.78, 5) is 10.1. The van der Waals surface area contributed by atoms with Gasteiger partial charge in [-0.15, -0.1) is 0 Å². The van der Waals surface area contributed by atoms with E-state index in [-0.39, 0.29) is 17.6 Å². The molecule has 2 rings (SSSR count). The molecule has 2 atom stereocenters. The molecule has 0 radical (unpaired) electrons. The van der Waals surface area contributed by atoms with Crippen molar-refractivity contribution in [3.05, 3.63) is 38.9 Å². The highest BCUT2D eigenvalue weighted by molar-refractivity contribution is 6.31. The summed E-state index contributed by atoms with van der Waals surface area (Å²) in [5.74, 6) is 0.197. The molecule has 0 bridgehead atoms. The van der Waals surface area contributed by atoms with E-state index in [1.165, 1.54) is 12.1 Å². The molecule has 1 aromatic carbocycles. The first-order valence-electron chi connectivity index (χ1n) is 4.29. The number of nitrogens with two attached hydrogens (primary N) is 1. The molecule has 14 heavy (non-hydrogen) atoms. The van der Waals surface area contributed by atoms with Crippen molar-refractivity contribution in [2.24, 2.45) is 5.73 Å². The average Bonchev–Trinajstić information content (AvgIpc) is 2.83. The number of hydrogen-bond donors (Lipinski definition) is 1. The molecule has 0 unspecified atom stereocenters. The van der Waals surface area contributed by atoms with Gasteiger partial charge in [-0.3, -0.25) is 10.1 Å². The van der Waals surface area contributed by atoms with Gasteiger partial charge in [0.2, 0.25) is 0 Å². The van der Waals surface area contributed by atoms with Gasteiger partial charge >= 0.3 is 0 Å². The molecule has 0 saturated heterocycles. The standard InChI is InChI=1S/C9H9ClN2O2/c10-8-2-1-5(12(13)14)3-6(8)7-4-9(7)11/h1-3,7,9H,4,11H2/t7-,9+/m0/s1. The van der Waals surface area contributed by atoms with Crippen molar-refractivity contribution in [3.8, 4) is 0 Å². The zero-order valence-corrected chi connectivity index (χ0v) is 8.07. The molecular weight excluding hydrogens is 204 g/mol. The van der Waals surface area contributed by atoms with Crippen molar-refractivity contribution in [1.82, 2.24) is 0 Å². The molecule has 1 aromatic rings. The minimum atomic E-state index is -0.423. The van der Waals surface area contributed by atoms with E-state index in [2.05, 4.69) is 0 Å². The first kappa shape index (κ1) is 9.43. The van der Waals surface area contributed by atoms with E-state index in [1.54, 1.807) is 6.07 Å².